The second kappa shape index (κ2) is 9.49. The number of nitrogens with two attached hydrogens (primary N) is 1. The van der Waals surface area contributed by atoms with Crippen LogP contribution in [-0.4, -0.2) is 41.2 Å². The number of benzene rings is 2. The Kier molecular flexibility index (Phi) is 6.68. The average molecular weight is 465 g/mol. The molecule has 1 aliphatic rings. The molecule has 1 fully saturated rings. The van der Waals surface area contributed by atoms with Crippen LogP contribution in [0.4, 0.5) is 0 Å². The van der Waals surface area contributed by atoms with Gasteiger partial charge in [-0.25, -0.2) is 4.68 Å². The van der Waals surface area contributed by atoms with E-state index in [0.717, 1.165) is 36.8 Å². The van der Waals surface area contributed by atoms with Gasteiger partial charge < -0.3 is 10.6 Å². The lowest BCUT2D eigenvalue weighted by Gasteiger charge is -2.40. The van der Waals surface area contributed by atoms with Crippen molar-refractivity contribution in [3.63, 3.8) is 0 Å². The summed E-state index contributed by atoms with van der Waals surface area (Å²) in [7, 11) is 3.45. The van der Waals surface area contributed by atoms with Gasteiger partial charge in [-0.3, -0.25) is 9.59 Å². The quantitative estimate of drug-likeness (QED) is 0.611. The maximum absolute atomic E-state index is 12.7. The zero-order chi connectivity index (χ0) is 23.6. The van der Waals surface area contributed by atoms with Crippen molar-refractivity contribution in [2.75, 3.05) is 20.6 Å². The zero-order valence-corrected chi connectivity index (χ0v) is 19.8. The van der Waals surface area contributed by atoms with Gasteiger partial charge in [-0.15, -0.1) is 0 Å². The third-order valence-electron chi connectivity index (χ3n) is 6.72. The standard InChI is InChI=1S/C26H29ClN4O2/c1-30(2)25(33)19-6-3-5-18(15-19)23-9-10-24(32)31(29-23)22-11-13-26(17-28,14-12-22)20-7-4-8-21(27)16-20/h3-10,15-16,22H,11-14,17,28H2,1-2H3. The first-order valence-corrected chi connectivity index (χ1v) is 11.6. The minimum atomic E-state index is -0.135. The minimum Gasteiger partial charge on any atom is -0.345 e. The highest BCUT2D eigenvalue weighted by Gasteiger charge is 2.37. The molecule has 0 spiro atoms. The normalized spacial score (nSPS) is 20.4. The van der Waals surface area contributed by atoms with Gasteiger partial charge in [-0.2, -0.15) is 5.10 Å². The van der Waals surface area contributed by atoms with E-state index in [1.807, 2.05) is 36.4 Å². The van der Waals surface area contributed by atoms with Crippen LogP contribution in [0.3, 0.4) is 0 Å². The molecule has 172 valence electrons. The summed E-state index contributed by atoms with van der Waals surface area (Å²) in [6.45, 7) is 0.537. The Morgan fingerprint density at radius 2 is 1.85 bits per heavy atom. The first kappa shape index (κ1) is 23.2. The molecule has 1 aromatic heterocycles. The smallest absolute Gasteiger partial charge is 0.267 e. The summed E-state index contributed by atoms with van der Waals surface area (Å²) in [5.41, 5.74) is 9.21. The van der Waals surface area contributed by atoms with E-state index in [4.69, 9.17) is 22.4 Å². The monoisotopic (exact) mass is 464 g/mol. The fraction of sp³-hybridized carbons (Fsp3) is 0.346. The largest absolute Gasteiger partial charge is 0.345 e. The number of rotatable bonds is 5. The predicted octanol–water partition coefficient (Wildman–Crippen LogP) is 4.28. The molecule has 1 aliphatic carbocycles. The molecule has 0 unspecified atom stereocenters. The predicted molar refractivity (Wildman–Crippen MR) is 132 cm³/mol. The average Bonchev–Trinajstić information content (AvgIpc) is 2.84. The van der Waals surface area contributed by atoms with Gasteiger partial charge in [0.2, 0.25) is 0 Å². The van der Waals surface area contributed by atoms with Crippen molar-refractivity contribution in [2.45, 2.75) is 37.1 Å². The fourth-order valence-corrected chi connectivity index (χ4v) is 4.93. The zero-order valence-electron chi connectivity index (χ0n) is 19.0. The number of amides is 1. The van der Waals surface area contributed by atoms with E-state index < -0.39 is 0 Å². The van der Waals surface area contributed by atoms with Gasteiger partial charge in [0.1, 0.15) is 0 Å². The van der Waals surface area contributed by atoms with Gasteiger partial charge in [-0.05, 0) is 61.6 Å². The summed E-state index contributed by atoms with van der Waals surface area (Å²) in [6.07, 6.45) is 3.33. The second-order valence-electron chi connectivity index (χ2n) is 9.01. The molecule has 0 aliphatic heterocycles. The highest BCUT2D eigenvalue weighted by molar-refractivity contribution is 6.30. The van der Waals surface area contributed by atoms with Crippen LogP contribution in [0.25, 0.3) is 11.3 Å². The Bertz CT molecular complexity index is 1210. The van der Waals surface area contributed by atoms with Gasteiger partial charge in [-0.1, -0.05) is 35.9 Å². The number of halogens is 1. The molecule has 0 saturated heterocycles. The lowest BCUT2D eigenvalue weighted by Crippen LogP contribution is -2.41. The van der Waals surface area contributed by atoms with Crippen LogP contribution < -0.4 is 11.3 Å². The van der Waals surface area contributed by atoms with Crippen molar-refractivity contribution < 1.29 is 4.79 Å². The molecule has 33 heavy (non-hydrogen) atoms. The number of nitrogens with zero attached hydrogens (tertiary/aromatic N) is 3. The number of hydrogen-bond donors (Lipinski definition) is 1. The lowest BCUT2D eigenvalue weighted by atomic mass is 9.68. The third-order valence-corrected chi connectivity index (χ3v) is 6.96. The molecule has 4 rings (SSSR count). The summed E-state index contributed by atoms with van der Waals surface area (Å²) < 4.78 is 1.61. The highest BCUT2D eigenvalue weighted by atomic mass is 35.5. The molecular formula is C26H29ClN4O2. The van der Waals surface area contributed by atoms with E-state index in [0.29, 0.717) is 22.8 Å². The maximum atomic E-state index is 12.7. The topological polar surface area (TPSA) is 81.2 Å². The molecule has 1 saturated carbocycles. The van der Waals surface area contributed by atoms with Crippen LogP contribution in [0.1, 0.15) is 47.6 Å². The number of aromatic nitrogens is 2. The molecule has 6 nitrogen and oxygen atoms in total. The Hall–Kier alpha value is -2.96. The van der Waals surface area contributed by atoms with Crippen molar-refractivity contribution in [2.24, 2.45) is 5.73 Å². The lowest BCUT2D eigenvalue weighted by molar-refractivity contribution is 0.0827. The minimum absolute atomic E-state index is 0.00268. The summed E-state index contributed by atoms with van der Waals surface area (Å²) in [5.74, 6) is -0.0726. The molecule has 1 heterocycles. The Labute approximate surface area is 199 Å². The second-order valence-corrected chi connectivity index (χ2v) is 9.44. The summed E-state index contributed by atoms with van der Waals surface area (Å²) >= 11 is 6.23. The Morgan fingerprint density at radius 1 is 1.12 bits per heavy atom. The maximum Gasteiger partial charge on any atom is 0.267 e. The van der Waals surface area contributed by atoms with Crippen LogP contribution in [0.15, 0.2) is 65.5 Å². The molecule has 0 atom stereocenters. The van der Waals surface area contributed by atoms with E-state index in [1.54, 1.807) is 41.9 Å². The molecule has 1 amide bonds. The van der Waals surface area contributed by atoms with Crippen LogP contribution >= 0.6 is 11.6 Å². The van der Waals surface area contributed by atoms with Gasteiger partial charge in [0.05, 0.1) is 11.7 Å². The molecule has 2 N–H and O–H groups in total. The highest BCUT2D eigenvalue weighted by Crippen LogP contribution is 2.42. The first-order chi connectivity index (χ1) is 15.8. The molecule has 2 aromatic carbocycles. The summed E-state index contributed by atoms with van der Waals surface area (Å²) in [5, 5.41) is 5.41. The molecule has 3 aromatic rings. The van der Waals surface area contributed by atoms with Gasteiger partial charge in [0.25, 0.3) is 11.5 Å². The SMILES string of the molecule is CN(C)C(=O)c1cccc(-c2ccc(=O)n(C3CCC(CN)(c4cccc(Cl)c4)CC3)n2)c1. The molecule has 0 bridgehead atoms. The van der Waals surface area contributed by atoms with E-state index in [-0.39, 0.29) is 22.9 Å². The van der Waals surface area contributed by atoms with Crippen molar-refractivity contribution >= 4 is 17.5 Å². The van der Waals surface area contributed by atoms with E-state index in [9.17, 15) is 9.59 Å². The Morgan fingerprint density at radius 3 is 2.52 bits per heavy atom. The van der Waals surface area contributed by atoms with Crippen LogP contribution in [0.2, 0.25) is 5.02 Å². The number of carbonyl (C=O) groups excluding carboxylic acids is 1. The van der Waals surface area contributed by atoms with Crippen molar-refractivity contribution in [3.8, 4) is 11.3 Å². The van der Waals surface area contributed by atoms with E-state index in [2.05, 4.69) is 6.07 Å². The number of carbonyl (C=O) groups is 1. The van der Waals surface area contributed by atoms with Crippen molar-refractivity contribution in [1.29, 1.82) is 0 Å². The van der Waals surface area contributed by atoms with Gasteiger partial charge >= 0.3 is 0 Å². The fourth-order valence-electron chi connectivity index (χ4n) is 4.74. The van der Waals surface area contributed by atoms with Gasteiger partial charge in [0, 0.05) is 48.3 Å². The van der Waals surface area contributed by atoms with Crippen LogP contribution in [0, 0.1) is 0 Å². The summed E-state index contributed by atoms with van der Waals surface area (Å²) in [4.78, 5) is 26.6. The number of hydrogen-bond acceptors (Lipinski definition) is 4. The first-order valence-electron chi connectivity index (χ1n) is 11.2. The third kappa shape index (κ3) is 4.72. The van der Waals surface area contributed by atoms with Crippen molar-refractivity contribution in [3.05, 3.63) is 87.2 Å². The van der Waals surface area contributed by atoms with Gasteiger partial charge in [0.15, 0.2) is 0 Å². The van der Waals surface area contributed by atoms with Crippen LogP contribution in [0.5, 0.6) is 0 Å². The van der Waals surface area contributed by atoms with E-state index in [1.165, 1.54) is 0 Å². The van der Waals surface area contributed by atoms with Crippen molar-refractivity contribution in [1.82, 2.24) is 14.7 Å². The van der Waals surface area contributed by atoms with E-state index >= 15 is 0 Å². The molecular weight excluding hydrogens is 436 g/mol. The summed E-state index contributed by atoms with van der Waals surface area (Å²) in [6, 6.07) is 18.6. The molecule has 7 heteroatoms. The molecule has 0 radical (unpaired) electrons. The van der Waals surface area contributed by atoms with Crippen LogP contribution in [-0.2, 0) is 5.41 Å². The Balaban J connectivity index is 1.59.